The van der Waals surface area contributed by atoms with E-state index in [4.69, 9.17) is 14.2 Å². The highest BCUT2D eigenvalue weighted by Crippen LogP contribution is 2.52. The second-order valence-corrected chi connectivity index (χ2v) is 6.51. The number of Topliss-reactive ketones (excluding diaryl/α,β-unsaturated/α-hetero) is 1. The molecular formula is C18H22O6. The van der Waals surface area contributed by atoms with Crippen LogP contribution >= 0.6 is 0 Å². The van der Waals surface area contributed by atoms with Crippen molar-refractivity contribution < 1.29 is 28.6 Å². The number of fused-ring (bicyclic) bond motifs is 2. The van der Waals surface area contributed by atoms with Gasteiger partial charge in [0.25, 0.3) is 0 Å². The zero-order valence-corrected chi connectivity index (χ0v) is 14.2. The maximum atomic E-state index is 13.0. The maximum absolute atomic E-state index is 13.0. The molecule has 0 unspecified atom stereocenters. The van der Waals surface area contributed by atoms with Crippen LogP contribution in [0.2, 0.25) is 0 Å². The summed E-state index contributed by atoms with van der Waals surface area (Å²) in [5.41, 5.74) is 1.42. The number of allylic oxidation sites excluding steroid dienone is 3. The van der Waals surface area contributed by atoms with Crippen LogP contribution in [0.15, 0.2) is 23.3 Å². The number of ketones is 2. The summed E-state index contributed by atoms with van der Waals surface area (Å²) in [4.78, 5) is 36.9. The lowest BCUT2D eigenvalue weighted by Gasteiger charge is -2.50. The smallest absolute Gasteiger partial charge is 0.333 e. The van der Waals surface area contributed by atoms with Gasteiger partial charge in [-0.3, -0.25) is 9.59 Å². The van der Waals surface area contributed by atoms with Crippen LogP contribution in [0.5, 0.6) is 0 Å². The van der Waals surface area contributed by atoms with Crippen LogP contribution < -0.4 is 0 Å². The summed E-state index contributed by atoms with van der Waals surface area (Å²) in [6.07, 6.45) is 6.05. The van der Waals surface area contributed by atoms with E-state index in [0.717, 1.165) is 18.4 Å². The third-order valence-electron chi connectivity index (χ3n) is 5.50. The normalized spacial score (nSPS) is 31.5. The lowest BCUT2D eigenvalue weighted by molar-refractivity contribution is -0.241. The Morgan fingerprint density at radius 1 is 1.17 bits per heavy atom. The summed E-state index contributed by atoms with van der Waals surface area (Å²) in [6.45, 7) is 0. The zero-order valence-electron chi connectivity index (χ0n) is 14.2. The first-order valence-electron chi connectivity index (χ1n) is 8.16. The van der Waals surface area contributed by atoms with E-state index in [0.29, 0.717) is 18.4 Å². The predicted octanol–water partition coefficient (Wildman–Crippen LogP) is 1.59. The Morgan fingerprint density at radius 2 is 1.88 bits per heavy atom. The van der Waals surface area contributed by atoms with E-state index >= 15 is 0 Å². The Labute approximate surface area is 140 Å². The van der Waals surface area contributed by atoms with Crippen LogP contribution in [0.4, 0.5) is 0 Å². The number of hydrogen-bond acceptors (Lipinski definition) is 6. The second kappa shape index (κ2) is 6.26. The molecular weight excluding hydrogens is 312 g/mol. The fourth-order valence-electron chi connectivity index (χ4n) is 4.37. The Morgan fingerprint density at radius 3 is 2.46 bits per heavy atom. The molecule has 0 saturated heterocycles. The Balaban J connectivity index is 2.04. The molecule has 0 amide bonds. The van der Waals surface area contributed by atoms with Gasteiger partial charge < -0.3 is 14.2 Å². The van der Waals surface area contributed by atoms with Crippen LogP contribution in [0.25, 0.3) is 0 Å². The van der Waals surface area contributed by atoms with Gasteiger partial charge in [0.2, 0.25) is 5.79 Å². The largest absolute Gasteiger partial charge is 0.466 e. The molecule has 1 fully saturated rings. The van der Waals surface area contributed by atoms with Crippen molar-refractivity contribution in [3.05, 3.63) is 23.3 Å². The molecule has 0 aromatic carbocycles. The maximum Gasteiger partial charge on any atom is 0.333 e. The topological polar surface area (TPSA) is 78.9 Å². The fourth-order valence-corrected chi connectivity index (χ4v) is 4.37. The molecule has 0 N–H and O–H groups in total. The van der Waals surface area contributed by atoms with Crippen molar-refractivity contribution in [2.24, 2.45) is 17.8 Å². The first kappa shape index (κ1) is 17.0. The molecule has 2 bridgehead atoms. The van der Waals surface area contributed by atoms with Crippen LogP contribution in [-0.2, 0) is 28.6 Å². The fraction of sp³-hybridized carbons (Fsp3) is 0.611. The minimum atomic E-state index is -1.46. The van der Waals surface area contributed by atoms with Gasteiger partial charge in [-0.25, -0.2) is 4.79 Å². The van der Waals surface area contributed by atoms with Crippen LogP contribution in [0.3, 0.4) is 0 Å². The van der Waals surface area contributed by atoms with Crippen LogP contribution in [0.1, 0.15) is 25.7 Å². The zero-order chi connectivity index (χ0) is 17.5. The van der Waals surface area contributed by atoms with Gasteiger partial charge in [0.15, 0.2) is 11.6 Å². The highest BCUT2D eigenvalue weighted by molar-refractivity contribution is 6.00. The number of hydrogen-bond donors (Lipinski definition) is 0. The quantitative estimate of drug-likeness (QED) is 0.574. The number of esters is 1. The van der Waals surface area contributed by atoms with E-state index in [1.807, 2.05) is 0 Å². The number of ether oxygens (including phenoxy) is 3. The second-order valence-electron chi connectivity index (χ2n) is 6.51. The van der Waals surface area contributed by atoms with Crippen molar-refractivity contribution in [3.63, 3.8) is 0 Å². The molecule has 0 heterocycles. The van der Waals surface area contributed by atoms with Gasteiger partial charge in [0.05, 0.1) is 13.0 Å². The molecule has 6 heteroatoms. The Bertz CT molecular complexity index is 640. The highest BCUT2D eigenvalue weighted by atomic mass is 16.7. The number of carbonyl (C=O) groups excluding carboxylic acids is 3. The van der Waals surface area contributed by atoms with Crippen molar-refractivity contribution in [1.82, 2.24) is 0 Å². The standard InChI is InChI=1S/C18H22O6/c1-22-17(21)14-8-13-12(10-5-4-6-11(19)7-10)9-15(14)18(23-2,24-3)16(13)20/h7-8,12-13,15H,4-6,9H2,1-3H3/t12-,13+,15+/m0/s1. The number of carbonyl (C=O) groups is 3. The highest BCUT2D eigenvalue weighted by Gasteiger charge is 2.61. The SMILES string of the molecule is COC(=O)C1=C[C@H]2C(=O)C(OC)(OC)[C@@H]1C[C@H]2C1=CC(=O)CCC1. The molecule has 0 aliphatic heterocycles. The van der Waals surface area contributed by atoms with Gasteiger partial charge in [-0.15, -0.1) is 0 Å². The lowest BCUT2D eigenvalue weighted by atomic mass is 9.59. The molecule has 0 radical (unpaired) electrons. The molecule has 0 aromatic heterocycles. The summed E-state index contributed by atoms with van der Waals surface area (Å²) >= 11 is 0. The van der Waals surface area contributed by atoms with Gasteiger partial charge in [0.1, 0.15) is 0 Å². The minimum Gasteiger partial charge on any atom is -0.466 e. The lowest BCUT2D eigenvalue weighted by Crippen LogP contribution is -2.61. The summed E-state index contributed by atoms with van der Waals surface area (Å²) < 4.78 is 15.8. The van der Waals surface area contributed by atoms with E-state index < -0.39 is 23.6 Å². The molecule has 1 saturated carbocycles. The first-order valence-corrected chi connectivity index (χ1v) is 8.16. The van der Waals surface area contributed by atoms with E-state index in [1.165, 1.54) is 21.3 Å². The van der Waals surface area contributed by atoms with Gasteiger partial charge in [-0.05, 0) is 31.3 Å². The molecule has 6 nitrogen and oxygen atoms in total. The van der Waals surface area contributed by atoms with Crippen molar-refractivity contribution in [2.45, 2.75) is 31.5 Å². The molecule has 0 aromatic rings. The molecule has 3 atom stereocenters. The first-order chi connectivity index (χ1) is 11.5. The Hall–Kier alpha value is -1.79. The Kier molecular flexibility index (Phi) is 4.44. The van der Waals surface area contributed by atoms with Crippen molar-refractivity contribution in [3.8, 4) is 0 Å². The molecule has 4 rings (SSSR count). The molecule has 0 spiro atoms. The summed E-state index contributed by atoms with van der Waals surface area (Å²) in [6, 6.07) is 0. The number of rotatable bonds is 4. The predicted molar refractivity (Wildman–Crippen MR) is 83.9 cm³/mol. The van der Waals surface area contributed by atoms with E-state index in [9.17, 15) is 14.4 Å². The van der Waals surface area contributed by atoms with Crippen LogP contribution in [-0.4, -0.2) is 44.7 Å². The minimum absolute atomic E-state index is 0.0846. The average molecular weight is 334 g/mol. The van der Waals surface area contributed by atoms with Gasteiger partial charge in [-0.2, -0.15) is 0 Å². The van der Waals surface area contributed by atoms with Crippen molar-refractivity contribution >= 4 is 17.5 Å². The summed E-state index contributed by atoms with van der Waals surface area (Å²) in [7, 11) is 4.14. The van der Waals surface area contributed by atoms with Gasteiger partial charge >= 0.3 is 5.97 Å². The van der Waals surface area contributed by atoms with Gasteiger partial charge in [0, 0.05) is 32.1 Å². The average Bonchev–Trinajstić information content (AvgIpc) is 2.61. The third-order valence-corrected chi connectivity index (χ3v) is 5.50. The van der Waals surface area contributed by atoms with E-state index in [1.54, 1.807) is 12.2 Å². The third kappa shape index (κ3) is 2.36. The van der Waals surface area contributed by atoms with Crippen molar-refractivity contribution in [2.75, 3.05) is 21.3 Å². The summed E-state index contributed by atoms with van der Waals surface area (Å²) in [5.74, 6) is -3.19. The van der Waals surface area contributed by atoms with E-state index in [2.05, 4.69) is 0 Å². The molecule has 4 aliphatic carbocycles. The molecule has 130 valence electrons. The monoisotopic (exact) mass is 334 g/mol. The molecule has 24 heavy (non-hydrogen) atoms. The number of methoxy groups -OCH3 is 3. The molecule has 4 aliphatic rings. The summed E-state index contributed by atoms with van der Waals surface area (Å²) in [5, 5.41) is 0. The van der Waals surface area contributed by atoms with Crippen molar-refractivity contribution in [1.29, 1.82) is 0 Å². The van der Waals surface area contributed by atoms with Crippen LogP contribution in [0, 0.1) is 17.8 Å². The van der Waals surface area contributed by atoms with Gasteiger partial charge in [-0.1, -0.05) is 11.6 Å². The van der Waals surface area contributed by atoms with E-state index in [-0.39, 0.29) is 17.5 Å².